The first kappa shape index (κ1) is 23.0. The van der Waals surface area contributed by atoms with E-state index in [0.717, 1.165) is 29.6 Å². The fourth-order valence-electron chi connectivity index (χ4n) is 2.38. The van der Waals surface area contributed by atoms with Gasteiger partial charge in [0.1, 0.15) is 6.33 Å². The van der Waals surface area contributed by atoms with E-state index in [1.54, 1.807) is 11.2 Å². The molecule has 140 valence electrons. The summed E-state index contributed by atoms with van der Waals surface area (Å²) in [4.78, 5) is 22.3. The number of rotatable bonds is 2. The number of carbonyl (C=O) groups excluding carboxylic acids is 1. The maximum Gasteiger partial charge on any atom is 0.231 e. The van der Waals surface area contributed by atoms with E-state index in [2.05, 4.69) is 23.8 Å². The van der Waals surface area contributed by atoms with Gasteiger partial charge in [-0.3, -0.25) is 4.79 Å². The molecule has 1 aliphatic rings. The summed E-state index contributed by atoms with van der Waals surface area (Å²) in [5.41, 5.74) is 1.77. The summed E-state index contributed by atoms with van der Waals surface area (Å²) in [5.74, 6) is 0.0572. The molecule has 1 amide bonds. The molecule has 1 atom stereocenters. The molecule has 1 saturated heterocycles. The molecular formula is C21H35N3O. The highest BCUT2D eigenvalue weighted by atomic mass is 16.2. The first-order valence-corrected chi connectivity index (χ1v) is 9.63. The lowest BCUT2D eigenvalue weighted by molar-refractivity contribution is -0.127. The van der Waals surface area contributed by atoms with Gasteiger partial charge in [0.2, 0.25) is 5.91 Å². The molecular weight excluding hydrogens is 310 g/mol. The second-order valence-corrected chi connectivity index (χ2v) is 5.38. The number of aromatic nitrogens is 2. The number of para-hydroxylation sites is 1. The number of unbranched alkanes of at least 4 members (excludes halogenated alkanes) is 1. The Morgan fingerprint density at radius 1 is 1.04 bits per heavy atom. The Balaban J connectivity index is 0.000000625. The van der Waals surface area contributed by atoms with Crippen molar-refractivity contribution in [1.82, 2.24) is 14.9 Å². The van der Waals surface area contributed by atoms with Gasteiger partial charge in [0.05, 0.1) is 17.1 Å². The molecule has 0 N–H and O–H groups in total. The summed E-state index contributed by atoms with van der Waals surface area (Å²) in [5, 5.41) is 0.989. The Bertz CT molecular complexity index is 606. The largest absolute Gasteiger partial charge is 0.345 e. The Morgan fingerprint density at radius 3 is 2.16 bits per heavy atom. The van der Waals surface area contributed by atoms with Crippen LogP contribution in [-0.2, 0) is 4.79 Å². The van der Waals surface area contributed by atoms with Gasteiger partial charge in [-0.25, -0.2) is 9.97 Å². The molecule has 1 aliphatic heterocycles. The van der Waals surface area contributed by atoms with Crippen molar-refractivity contribution in [2.75, 3.05) is 13.6 Å². The number of hydrogen-bond donors (Lipinski definition) is 0. The molecule has 1 unspecified atom stereocenters. The number of carbonyl (C=O) groups is 1. The van der Waals surface area contributed by atoms with E-state index in [-0.39, 0.29) is 11.8 Å². The van der Waals surface area contributed by atoms with Gasteiger partial charge in [0.15, 0.2) is 0 Å². The van der Waals surface area contributed by atoms with E-state index in [1.165, 1.54) is 12.8 Å². The van der Waals surface area contributed by atoms with E-state index in [0.29, 0.717) is 0 Å². The first-order valence-electron chi connectivity index (χ1n) is 9.63. The third-order valence-electron chi connectivity index (χ3n) is 3.83. The van der Waals surface area contributed by atoms with E-state index >= 15 is 0 Å². The van der Waals surface area contributed by atoms with Gasteiger partial charge in [-0.15, -0.1) is 0 Å². The normalized spacial score (nSPS) is 15.4. The number of benzene rings is 1. The van der Waals surface area contributed by atoms with Crippen molar-refractivity contribution < 1.29 is 4.79 Å². The molecule has 4 nitrogen and oxygen atoms in total. The number of likely N-dealkylation sites (N-methyl/N-ethyl adjacent to an activating group) is 1. The third-order valence-corrected chi connectivity index (χ3v) is 3.83. The second kappa shape index (κ2) is 13.3. The molecule has 2 aromatic rings. The minimum absolute atomic E-state index is 0.104. The fourth-order valence-corrected chi connectivity index (χ4v) is 2.38. The van der Waals surface area contributed by atoms with Crippen LogP contribution in [-0.4, -0.2) is 34.4 Å². The molecule has 1 fully saturated rings. The molecule has 0 radical (unpaired) electrons. The highest BCUT2D eigenvalue weighted by molar-refractivity contribution is 5.91. The summed E-state index contributed by atoms with van der Waals surface area (Å²) in [7, 11) is 1.84. The Hall–Kier alpha value is -1.97. The van der Waals surface area contributed by atoms with Gasteiger partial charge in [0, 0.05) is 19.0 Å². The average molecular weight is 346 g/mol. The predicted octanol–water partition coefficient (Wildman–Crippen LogP) is 5.43. The van der Waals surface area contributed by atoms with Crippen LogP contribution in [0.25, 0.3) is 10.9 Å². The van der Waals surface area contributed by atoms with Crippen molar-refractivity contribution in [3.8, 4) is 0 Å². The number of nitrogens with zero attached hydrogens (tertiary/aromatic N) is 3. The quantitative estimate of drug-likeness (QED) is 0.728. The van der Waals surface area contributed by atoms with Crippen LogP contribution < -0.4 is 0 Å². The van der Waals surface area contributed by atoms with E-state index in [4.69, 9.17) is 0 Å². The van der Waals surface area contributed by atoms with Crippen molar-refractivity contribution >= 4 is 16.8 Å². The molecule has 0 saturated carbocycles. The van der Waals surface area contributed by atoms with Crippen molar-refractivity contribution in [1.29, 1.82) is 0 Å². The minimum atomic E-state index is -0.104. The summed E-state index contributed by atoms with van der Waals surface area (Å²) < 4.78 is 0. The molecule has 2 heterocycles. The van der Waals surface area contributed by atoms with E-state index in [1.807, 2.05) is 59.0 Å². The lowest BCUT2D eigenvalue weighted by Gasteiger charge is -2.11. The molecule has 3 rings (SSSR count). The Kier molecular flexibility index (Phi) is 12.3. The Morgan fingerprint density at radius 2 is 1.64 bits per heavy atom. The molecule has 0 aliphatic carbocycles. The molecule has 1 aromatic heterocycles. The standard InChI is InChI=1S/C13H13N3O.C4H10.2C2H6/c1-16-7-6-10(13(16)17)12-9-4-2-3-5-11(9)14-8-15-12;1-3-4-2;2*1-2/h2-5,8,10H,6-7H2,1H3;3-4H2,1-2H3;2*1-2H3. The van der Waals surface area contributed by atoms with Crippen molar-refractivity contribution in [2.45, 2.75) is 66.7 Å². The number of fused-ring (bicyclic) bond motifs is 1. The summed E-state index contributed by atoms with van der Waals surface area (Å²) >= 11 is 0. The highest BCUT2D eigenvalue weighted by Gasteiger charge is 2.32. The first-order chi connectivity index (χ1) is 12.2. The average Bonchev–Trinajstić information content (AvgIpc) is 3.03. The van der Waals surface area contributed by atoms with Crippen LogP contribution in [0.4, 0.5) is 0 Å². The van der Waals surface area contributed by atoms with Crippen LogP contribution in [0, 0.1) is 0 Å². The van der Waals surface area contributed by atoms with Crippen LogP contribution in [0.1, 0.15) is 72.4 Å². The fraction of sp³-hybridized carbons (Fsp3) is 0.571. The predicted molar refractivity (Wildman–Crippen MR) is 108 cm³/mol. The SMILES string of the molecule is CC.CC.CCCC.CN1CCC(c2ncnc3ccccc23)C1=O. The highest BCUT2D eigenvalue weighted by Crippen LogP contribution is 2.30. The summed E-state index contributed by atoms with van der Waals surface area (Å²) in [6.07, 6.45) is 5.03. The zero-order chi connectivity index (χ0) is 19.2. The number of hydrogen-bond acceptors (Lipinski definition) is 3. The van der Waals surface area contributed by atoms with Crippen molar-refractivity contribution in [2.24, 2.45) is 0 Å². The van der Waals surface area contributed by atoms with Crippen LogP contribution in [0.2, 0.25) is 0 Å². The Labute approximate surface area is 153 Å². The second-order valence-electron chi connectivity index (χ2n) is 5.38. The summed E-state index contributed by atoms with van der Waals surface area (Å²) in [6.45, 7) is 13.2. The van der Waals surface area contributed by atoms with Gasteiger partial charge < -0.3 is 4.90 Å². The maximum atomic E-state index is 12.0. The molecule has 25 heavy (non-hydrogen) atoms. The molecule has 4 heteroatoms. The van der Waals surface area contributed by atoms with Crippen molar-refractivity contribution in [3.63, 3.8) is 0 Å². The monoisotopic (exact) mass is 345 g/mol. The lowest BCUT2D eigenvalue weighted by Crippen LogP contribution is -2.22. The minimum Gasteiger partial charge on any atom is -0.345 e. The molecule has 1 aromatic carbocycles. The maximum absolute atomic E-state index is 12.0. The van der Waals surface area contributed by atoms with E-state index in [9.17, 15) is 4.79 Å². The van der Waals surface area contributed by atoms with Crippen molar-refractivity contribution in [3.05, 3.63) is 36.3 Å². The van der Waals surface area contributed by atoms with Gasteiger partial charge in [0.25, 0.3) is 0 Å². The zero-order valence-electron chi connectivity index (χ0n) is 17.0. The van der Waals surface area contributed by atoms with E-state index < -0.39 is 0 Å². The summed E-state index contributed by atoms with van der Waals surface area (Å²) in [6, 6.07) is 7.83. The van der Waals surface area contributed by atoms with Gasteiger partial charge in [-0.2, -0.15) is 0 Å². The van der Waals surface area contributed by atoms with Gasteiger partial charge in [-0.05, 0) is 12.5 Å². The van der Waals surface area contributed by atoms with Gasteiger partial charge in [-0.1, -0.05) is 72.6 Å². The van der Waals surface area contributed by atoms with Crippen LogP contribution in [0.3, 0.4) is 0 Å². The molecule has 0 bridgehead atoms. The van der Waals surface area contributed by atoms with Crippen LogP contribution in [0.15, 0.2) is 30.6 Å². The van der Waals surface area contributed by atoms with Gasteiger partial charge >= 0.3 is 0 Å². The number of likely N-dealkylation sites (tertiary alicyclic amines) is 1. The van der Waals surface area contributed by atoms with Crippen LogP contribution in [0.5, 0.6) is 0 Å². The molecule has 0 spiro atoms. The lowest BCUT2D eigenvalue weighted by atomic mass is 9.99. The third kappa shape index (κ3) is 6.45. The number of amides is 1. The van der Waals surface area contributed by atoms with Crippen LogP contribution >= 0.6 is 0 Å². The smallest absolute Gasteiger partial charge is 0.231 e. The topological polar surface area (TPSA) is 46.1 Å². The zero-order valence-corrected chi connectivity index (χ0v) is 17.0.